The fourth-order valence-electron chi connectivity index (χ4n) is 2.79. The molecule has 1 saturated carbocycles. The molecule has 82 valence electrons. The van der Waals surface area contributed by atoms with Crippen molar-refractivity contribution in [3.63, 3.8) is 0 Å². The summed E-state index contributed by atoms with van der Waals surface area (Å²) in [6.07, 6.45) is 10.0. The lowest BCUT2D eigenvalue weighted by molar-refractivity contribution is 0.172. The maximum Gasteiger partial charge on any atom is -0.00462 e. The molecule has 0 aromatic heterocycles. The molecule has 1 fully saturated rings. The summed E-state index contributed by atoms with van der Waals surface area (Å²) < 4.78 is 0. The van der Waals surface area contributed by atoms with E-state index in [0.717, 1.165) is 30.7 Å². The van der Waals surface area contributed by atoms with Gasteiger partial charge in [-0.25, -0.2) is 0 Å². The zero-order valence-electron chi connectivity index (χ0n) is 9.54. The third-order valence-electron chi connectivity index (χ3n) is 3.87. The van der Waals surface area contributed by atoms with Crippen molar-refractivity contribution in [1.29, 1.82) is 0 Å². The SMILES string of the molecule is C=CCCC1CC(CC)CCC1CN. The number of allylic oxidation sites excluding steroid dienone is 1. The Morgan fingerprint density at radius 1 is 1.36 bits per heavy atom. The minimum absolute atomic E-state index is 0.790. The normalized spacial score (nSPS) is 32.9. The molecule has 2 N–H and O–H groups in total. The number of rotatable bonds is 5. The van der Waals surface area contributed by atoms with E-state index in [0.29, 0.717) is 0 Å². The van der Waals surface area contributed by atoms with Gasteiger partial charge >= 0.3 is 0 Å². The summed E-state index contributed by atoms with van der Waals surface area (Å²) in [5, 5.41) is 0. The van der Waals surface area contributed by atoms with Crippen LogP contribution in [0.1, 0.15) is 45.4 Å². The standard InChI is InChI=1S/C13H25N/c1-3-5-6-12-9-11(4-2)7-8-13(12)10-14/h3,11-13H,1,4-10,14H2,2H3. The number of hydrogen-bond acceptors (Lipinski definition) is 1. The van der Waals surface area contributed by atoms with Crippen LogP contribution >= 0.6 is 0 Å². The molecule has 1 rings (SSSR count). The summed E-state index contributed by atoms with van der Waals surface area (Å²) in [5.74, 6) is 2.63. The van der Waals surface area contributed by atoms with E-state index in [1.165, 1.54) is 32.1 Å². The van der Waals surface area contributed by atoms with Gasteiger partial charge in [-0.2, -0.15) is 0 Å². The molecule has 1 aliphatic rings. The third-order valence-corrected chi connectivity index (χ3v) is 3.87. The van der Waals surface area contributed by atoms with Crippen LogP contribution in [0, 0.1) is 17.8 Å². The molecule has 0 amide bonds. The Kier molecular flexibility index (Phi) is 5.24. The first-order chi connectivity index (χ1) is 6.81. The Balaban J connectivity index is 2.42. The van der Waals surface area contributed by atoms with Crippen LogP contribution in [0.3, 0.4) is 0 Å². The summed E-state index contributed by atoms with van der Waals surface area (Å²) in [4.78, 5) is 0. The van der Waals surface area contributed by atoms with E-state index in [1.54, 1.807) is 0 Å². The second kappa shape index (κ2) is 6.23. The van der Waals surface area contributed by atoms with Crippen LogP contribution in [0.4, 0.5) is 0 Å². The van der Waals surface area contributed by atoms with Crippen LogP contribution in [-0.2, 0) is 0 Å². The van der Waals surface area contributed by atoms with Gasteiger partial charge in [0.25, 0.3) is 0 Å². The molecule has 1 nitrogen and oxygen atoms in total. The second-order valence-corrected chi connectivity index (χ2v) is 4.71. The summed E-state index contributed by atoms with van der Waals surface area (Å²) >= 11 is 0. The highest BCUT2D eigenvalue weighted by molar-refractivity contribution is 4.82. The Morgan fingerprint density at radius 2 is 2.14 bits per heavy atom. The van der Waals surface area contributed by atoms with Crippen LogP contribution in [0.15, 0.2) is 12.7 Å². The van der Waals surface area contributed by atoms with Gasteiger partial charge in [0, 0.05) is 0 Å². The second-order valence-electron chi connectivity index (χ2n) is 4.71. The van der Waals surface area contributed by atoms with Gasteiger partial charge in [0.1, 0.15) is 0 Å². The Bertz CT molecular complexity index is 165. The van der Waals surface area contributed by atoms with Crippen molar-refractivity contribution in [2.24, 2.45) is 23.5 Å². The summed E-state index contributed by atoms with van der Waals surface area (Å²) in [6.45, 7) is 7.01. The fourth-order valence-corrected chi connectivity index (χ4v) is 2.79. The van der Waals surface area contributed by atoms with E-state index in [4.69, 9.17) is 5.73 Å². The van der Waals surface area contributed by atoms with Crippen molar-refractivity contribution in [2.45, 2.75) is 45.4 Å². The molecule has 0 radical (unpaired) electrons. The van der Waals surface area contributed by atoms with Crippen molar-refractivity contribution < 1.29 is 0 Å². The zero-order valence-corrected chi connectivity index (χ0v) is 9.54. The van der Waals surface area contributed by atoms with Crippen molar-refractivity contribution >= 4 is 0 Å². The average molecular weight is 195 g/mol. The third kappa shape index (κ3) is 3.13. The van der Waals surface area contributed by atoms with E-state index in [-0.39, 0.29) is 0 Å². The quantitative estimate of drug-likeness (QED) is 0.669. The van der Waals surface area contributed by atoms with Crippen molar-refractivity contribution in [2.75, 3.05) is 6.54 Å². The minimum atomic E-state index is 0.790. The lowest BCUT2D eigenvalue weighted by atomic mass is 9.71. The molecule has 0 aliphatic heterocycles. The van der Waals surface area contributed by atoms with E-state index >= 15 is 0 Å². The molecule has 0 aromatic rings. The van der Waals surface area contributed by atoms with Gasteiger partial charge in [0.15, 0.2) is 0 Å². The van der Waals surface area contributed by atoms with Crippen molar-refractivity contribution in [3.8, 4) is 0 Å². The van der Waals surface area contributed by atoms with Crippen molar-refractivity contribution in [3.05, 3.63) is 12.7 Å². The first kappa shape index (κ1) is 11.8. The van der Waals surface area contributed by atoms with E-state index in [1.807, 2.05) is 6.08 Å². The largest absolute Gasteiger partial charge is 0.330 e. The topological polar surface area (TPSA) is 26.0 Å². The van der Waals surface area contributed by atoms with E-state index < -0.39 is 0 Å². The highest BCUT2D eigenvalue weighted by Crippen LogP contribution is 2.37. The van der Waals surface area contributed by atoms with E-state index in [9.17, 15) is 0 Å². The molecule has 0 saturated heterocycles. The molecule has 3 atom stereocenters. The van der Waals surface area contributed by atoms with Crippen LogP contribution in [0.5, 0.6) is 0 Å². The molecule has 14 heavy (non-hydrogen) atoms. The van der Waals surface area contributed by atoms with Gasteiger partial charge < -0.3 is 5.73 Å². The summed E-state index contributed by atoms with van der Waals surface area (Å²) in [7, 11) is 0. The fraction of sp³-hybridized carbons (Fsp3) is 0.846. The summed E-state index contributed by atoms with van der Waals surface area (Å²) in [5.41, 5.74) is 5.83. The van der Waals surface area contributed by atoms with E-state index in [2.05, 4.69) is 13.5 Å². The molecular formula is C13H25N. The zero-order chi connectivity index (χ0) is 10.4. The smallest absolute Gasteiger partial charge is 0.00462 e. The van der Waals surface area contributed by atoms with Gasteiger partial charge in [-0.05, 0) is 50.0 Å². The maximum absolute atomic E-state index is 5.83. The molecule has 0 bridgehead atoms. The maximum atomic E-state index is 5.83. The molecule has 0 heterocycles. The predicted octanol–water partition coefficient (Wildman–Crippen LogP) is 3.35. The monoisotopic (exact) mass is 195 g/mol. The van der Waals surface area contributed by atoms with Crippen LogP contribution in [-0.4, -0.2) is 6.54 Å². The lowest BCUT2D eigenvalue weighted by Crippen LogP contribution is -2.30. The first-order valence-corrected chi connectivity index (χ1v) is 6.12. The number of nitrogens with two attached hydrogens (primary N) is 1. The van der Waals surface area contributed by atoms with Gasteiger partial charge in [-0.15, -0.1) is 6.58 Å². The molecule has 1 aliphatic carbocycles. The predicted molar refractivity (Wildman–Crippen MR) is 63.1 cm³/mol. The van der Waals surface area contributed by atoms with Crippen LogP contribution in [0.25, 0.3) is 0 Å². The lowest BCUT2D eigenvalue weighted by Gasteiger charge is -2.35. The molecule has 3 unspecified atom stereocenters. The average Bonchev–Trinajstić information content (AvgIpc) is 2.25. The summed E-state index contributed by atoms with van der Waals surface area (Å²) in [6, 6.07) is 0. The van der Waals surface area contributed by atoms with Gasteiger partial charge in [0.05, 0.1) is 0 Å². The van der Waals surface area contributed by atoms with Gasteiger partial charge in [-0.3, -0.25) is 0 Å². The van der Waals surface area contributed by atoms with Gasteiger partial charge in [0.2, 0.25) is 0 Å². The molecular weight excluding hydrogens is 170 g/mol. The molecule has 0 spiro atoms. The first-order valence-electron chi connectivity index (χ1n) is 6.12. The Labute approximate surface area is 88.8 Å². The van der Waals surface area contributed by atoms with Gasteiger partial charge in [-0.1, -0.05) is 25.8 Å². The van der Waals surface area contributed by atoms with Crippen LogP contribution < -0.4 is 5.73 Å². The molecule has 0 aromatic carbocycles. The Morgan fingerprint density at radius 3 is 2.71 bits per heavy atom. The minimum Gasteiger partial charge on any atom is -0.330 e. The Hall–Kier alpha value is -0.300. The van der Waals surface area contributed by atoms with Crippen LogP contribution in [0.2, 0.25) is 0 Å². The highest BCUT2D eigenvalue weighted by Gasteiger charge is 2.27. The van der Waals surface area contributed by atoms with Crippen molar-refractivity contribution in [1.82, 2.24) is 0 Å². The molecule has 1 heteroatoms. The number of hydrogen-bond donors (Lipinski definition) is 1. The highest BCUT2D eigenvalue weighted by atomic mass is 14.6.